The standard InChI is InChI=1S/C10H14ClN3O/c11-9-4-2-1-3-8(9)7-13-6-5-10(15)14-12/h1-4,13H,5-7,12H2,(H,14,15). The molecule has 0 aliphatic carbocycles. The van der Waals surface area contributed by atoms with Crippen molar-refractivity contribution in [2.45, 2.75) is 13.0 Å². The minimum absolute atomic E-state index is 0.179. The van der Waals surface area contributed by atoms with E-state index in [4.69, 9.17) is 17.4 Å². The zero-order valence-corrected chi connectivity index (χ0v) is 9.05. The van der Waals surface area contributed by atoms with Crippen LogP contribution in [0, 0.1) is 0 Å². The van der Waals surface area contributed by atoms with E-state index in [1.165, 1.54) is 0 Å². The SMILES string of the molecule is NNC(=O)CCNCc1ccccc1Cl. The zero-order valence-electron chi connectivity index (χ0n) is 8.29. The number of nitrogens with one attached hydrogen (secondary N) is 2. The first kappa shape index (κ1) is 12.0. The number of halogens is 1. The zero-order chi connectivity index (χ0) is 11.1. The second kappa shape index (κ2) is 6.40. The van der Waals surface area contributed by atoms with Crippen LogP contribution in [0.3, 0.4) is 0 Å². The monoisotopic (exact) mass is 227 g/mol. The van der Waals surface area contributed by atoms with Gasteiger partial charge in [0.1, 0.15) is 0 Å². The predicted octanol–water partition coefficient (Wildman–Crippen LogP) is 0.810. The summed E-state index contributed by atoms with van der Waals surface area (Å²) in [5.41, 5.74) is 3.09. The van der Waals surface area contributed by atoms with Gasteiger partial charge in [0.2, 0.25) is 5.91 Å². The van der Waals surface area contributed by atoms with Gasteiger partial charge in [0.25, 0.3) is 0 Å². The molecule has 1 amide bonds. The van der Waals surface area contributed by atoms with Crippen LogP contribution in [0.15, 0.2) is 24.3 Å². The van der Waals surface area contributed by atoms with Gasteiger partial charge < -0.3 is 5.32 Å². The fourth-order valence-corrected chi connectivity index (χ4v) is 1.34. The van der Waals surface area contributed by atoms with Gasteiger partial charge in [-0.15, -0.1) is 0 Å². The highest BCUT2D eigenvalue weighted by atomic mass is 35.5. The predicted molar refractivity (Wildman–Crippen MR) is 60.1 cm³/mol. The molecule has 82 valence electrons. The lowest BCUT2D eigenvalue weighted by molar-refractivity contribution is -0.121. The van der Waals surface area contributed by atoms with Gasteiger partial charge in [-0.2, -0.15) is 0 Å². The molecule has 0 unspecified atom stereocenters. The number of hydrogen-bond donors (Lipinski definition) is 3. The molecule has 0 saturated carbocycles. The molecule has 4 nitrogen and oxygen atoms in total. The minimum Gasteiger partial charge on any atom is -0.312 e. The van der Waals surface area contributed by atoms with Crippen LogP contribution in [-0.4, -0.2) is 12.5 Å². The van der Waals surface area contributed by atoms with E-state index >= 15 is 0 Å². The molecule has 0 aromatic heterocycles. The molecule has 0 heterocycles. The molecule has 0 fully saturated rings. The number of carbonyl (C=O) groups excluding carboxylic acids is 1. The summed E-state index contributed by atoms with van der Waals surface area (Å²) in [6, 6.07) is 7.59. The summed E-state index contributed by atoms with van der Waals surface area (Å²) in [5, 5.41) is 3.84. The number of benzene rings is 1. The van der Waals surface area contributed by atoms with E-state index in [-0.39, 0.29) is 5.91 Å². The maximum Gasteiger partial charge on any atom is 0.235 e. The lowest BCUT2D eigenvalue weighted by Crippen LogP contribution is -2.32. The molecule has 0 bridgehead atoms. The Morgan fingerprint density at radius 2 is 2.13 bits per heavy atom. The van der Waals surface area contributed by atoms with Crippen LogP contribution in [-0.2, 0) is 11.3 Å². The molecular weight excluding hydrogens is 214 g/mol. The van der Waals surface area contributed by atoms with Crippen LogP contribution in [0.1, 0.15) is 12.0 Å². The molecule has 0 spiro atoms. The van der Waals surface area contributed by atoms with Crippen LogP contribution in [0.2, 0.25) is 5.02 Å². The van der Waals surface area contributed by atoms with Gasteiger partial charge in [-0.3, -0.25) is 10.2 Å². The summed E-state index contributed by atoms with van der Waals surface area (Å²) in [6.07, 6.45) is 0.362. The number of rotatable bonds is 5. The van der Waals surface area contributed by atoms with Crippen LogP contribution >= 0.6 is 11.6 Å². The van der Waals surface area contributed by atoms with E-state index in [0.717, 1.165) is 10.6 Å². The molecule has 0 saturated heterocycles. The average molecular weight is 228 g/mol. The van der Waals surface area contributed by atoms with E-state index < -0.39 is 0 Å². The van der Waals surface area contributed by atoms with Gasteiger partial charge in [-0.05, 0) is 11.6 Å². The van der Waals surface area contributed by atoms with Crippen molar-refractivity contribution < 1.29 is 4.79 Å². The molecule has 1 aromatic carbocycles. The van der Waals surface area contributed by atoms with Gasteiger partial charge in [-0.25, -0.2) is 5.84 Å². The van der Waals surface area contributed by atoms with Crippen molar-refractivity contribution in [2.75, 3.05) is 6.54 Å². The molecule has 1 aromatic rings. The van der Waals surface area contributed by atoms with E-state index in [2.05, 4.69) is 10.7 Å². The molecule has 5 heteroatoms. The first-order chi connectivity index (χ1) is 7.24. The minimum atomic E-state index is -0.179. The topological polar surface area (TPSA) is 67.1 Å². The molecular formula is C10H14ClN3O. The van der Waals surface area contributed by atoms with Gasteiger partial charge in [0.15, 0.2) is 0 Å². The van der Waals surface area contributed by atoms with Crippen molar-refractivity contribution in [3.05, 3.63) is 34.9 Å². The Hall–Kier alpha value is -1.10. The fraction of sp³-hybridized carbons (Fsp3) is 0.300. The quantitative estimate of drug-likeness (QED) is 0.302. The van der Waals surface area contributed by atoms with Gasteiger partial charge in [0.05, 0.1) is 0 Å². The van der Waals surface area contributed by atoms with Gasteiger partial charge in [0, 0.05) is 24.5 Å². The molecule has 0 radical (unpaired) electrons. The first-order valence-corrected chi connectivity index (χ1v) is 5.05. The van der Waals surface area contributed by atoms with Crippen molar-refractivity contribution in [1.29, 1.82) is 0 Å². The molecule has 0 atom stereocenters. The summed E-state index contributed by atoms with van der Waals surface area (Å²) < 4.78 is 0. The van der Waals surface area contributed by atoms with Crippen molar-refractivity contribution in [2.24, 2.45) is 5.84 Å². The number of carbonyl (C=O) groups is 1. The lowest BCUT2D eigenvalue weighted by atomic mass is 10.2. The normalized spacial score (nSPS) is 10.0. The summed E-state index contributed by atoms with van der Waals surface area (Å²) in [5.74, 6) is 4.76. The Morgan fingerprint density at radius 1 is 1.40 bits per heavy atom. The van der Waals surface area contributed by atoms with Crippen LogP contribution in [0.4, 0.5) is 0 Å². The molecule has 4 N–H and O–H groups in total. The summed E-state index contributed by atoms with van der Waals surface area (Å²) in [7, 11) is 0. The third kappa shape index (κ3) is 4.29. The Kier molecular flexibility index (Phi) is 5.10. The summed E-state index contributed by atoms with van der Waals surface area (Å²) >= 11 is 5.95. The molecule has 0 aliphatic heterocycles. The third-order valence-corrected chi connectivity index (χ3v) is 2.33. The fourth-order valence-electron chi connectivity index (χ4n) is 1.14. The summed E-state index contributed by atoms with van der Waals surface area (Å²) in [6.45, 7) is 1.23. The molecule has 1 rings (SSSR count). The van der Waals surface area contributed by atoms with Crippen molar-refractivity contribution >= 4 is 17.5 Å². The van der Waals surface area contributed by atoms with E-state index in [9.17, 15) is 4.79 Å². The highest BCUT2D eigenvalue weighted by Crippen LogP contribution is 2.13. The Balaban J connectivity index is 2.26. The Morgan fingerprint density at radius 3 is 2.80 bits per heavy atom. The highest BCUT2D eigenvalue weighted by Gasteiger charge is 1.99. The van der Waals surface area contributed by atoms with Crippen molar-refractivity contribution in [3.63, 3.8) is 0 Å². The smallest absolute Gasteiger partial charge is 0.235 e. The van der Waals surface area contributed by atoms with Crippen LogP contribution in [0.25, 0.3) is 0 Å². The summed E-state index contributed by atoms with van der Waals surface area (Å²) in [4.78, 5) is 10.8. The van der Waals surface area contributed by atoms with E-state index in [1.807, 2.05) is 24.3 Å². The third-order valence-electron chi connectivity index (χ3n) is 1.96. The van der Waals surface area contributed by atoms with Crippen LogP contribution in [0.5, 0.6) is 0 Å². The van der Waals surface area contributed by atoms with Crippen molar-refractivity contribution in [1.82, 2.24) is 10.7 Å². The number of hydrazine groups is 1. The maximum absolute atomic E-state index is 10.8. The highest BCUT2D eigenvalue weighted by molar-refractivity contribution is 6.31. The van der Waals surface area contributed by atoms with E-state index in [0.29, 0.717) is 19.5 Å². The van der Waals surface area contributed by atoms with Gasteiger partial charge in [-0.1, -0.05) is 29.8 Å². The lowest BCUT2D eigenvalue weighted by Gasteiger charge is -2.05. The average Bonchev–Trinajstić information content (AvgIpc) is 2.26. The van der Waals surface area contributed by atoms with E-state index in [1.54, 1.807) is 0 Å². The molecule has 0 aliphatic rings. The second-order valence-electron chi connectivity index (χ2n) is 3.09. The van der Waals surface area contributed by atoms with Gasteiger partial charge >= 0.3 is 0 Å². The van der Waals surface area contributed by atoms with Crippen LogP contribution < -0.4 is 16.6 Å². The number of hydrogen-bond acceptors (Lipinski definition) is 3. The Bertz CT molecular complexity index is 330. The molecule has 15 heavy (non-hydrogen) atoms. The number of nitrogens with two attached hydrogens (primary N) is 1. The number of amides is 1. The maximum atomic E-state index is 10.8. The second-order valence-corrected chi connectivity index (χ2v) is 3.49. The Labute approximate surface area is 93.8 Å². The first-order valence-electron chi connectivity index (χ1n) is 4.67. The van der Waals surface area contributed by atoms with Crippen molar-refractivity contribution in [3.8, 4) is 0 Å². The largest absolute Gasteiger partial charge is 0.312 e.